The SMILES string of the molecule is CNCCN1CC(=O)Nc2cc(C)ccc21. The highest BCUT2D eigenvalue weighted by Gasteiger charge is 2.20. The van der Waals surface area contributed by atoms with Gasteiger partial charge >= 0.3 is 0 Å². The van der Waals surface area contributed by atoms with Crippen LogP contribution in [0.2, 0.25) is 0 Å². The molecule has 0 saturated heterocycles. The molecule has 4 nitrogen and oxygen atoms in total. The van der Waals surface area contributed by atoms with Crippen molar-refractivity contribution in [3.63, 3.8) is 0 Å². The van der Waals surface area contributed by atoms with Gasteiger partial charge in [0, 0.05) is 13.1 Å². The van der Waals surface area contributed by atoms with Crippen molar-refractivity contribution < 1.29 is 4.79 Å². The molecule has 0 unspecified atom stereocenters. The van der Waals surface area contributed by atoms with E-state index in [9.17, 15) is 4.79 Å². The summed E-state index contributed by atoms with van der Waals surface area (Å²) in [6.07, 6.45) is 0. The van der Waals surface area contributed by atoms with Crippen molar-refractivity contribution in [1.29, 1.82) is 0 Å². The smallest absolute Gasteiger partial charge is 0.243 e. The van der Waals surface area contributed by atoms with E-state index in [0.717, 1.165) is 30.0 Å². The van der Waals surface area contributed by atoms with Crippen LogP contribution in [-0.4, -0.2) is 32.6 Å². The molecule has 16 heavy (non-hydrogen) atoms. The first kappa shape index (κ1) is 11.0. The number of carbonyl (C=O) groups excluding carboxylic acids is 1. The molecular formula is C12H17N3O. The van der Waals surface area contributed by atoms with Crippen molar-refractivity contribution in [2.24, 2.45) is 0 Å². The van der Waals surface area contributed by atoms with Gasteiger partial charge in [0.25, 0.3) is 0 Å². The summed E-state index contributed by atoms with van der Waals surface area (Å²) >= 11 is 0. The lowest BCUT2D eigenvalue weighted by molar-refractivity contribution is -0.115. The fourth-order valence-electron chi connectivity index (χ4n) is 1.92. The molecule has 0 aliphatic carbocycles. The van der Waals surface area contributed by atoms with E-state index in [2.05, 4.69) is 27.7 Å². The lowest BCUT2D eigenvalue weighted by atomic mass is 10.1. The molecule has 0 bridgehead atoms. The Balaban J connectivity index is 2.27. The number of nitrogens with zero attached hydrogens (tertiary/aromatic N) is 1. The second kappa shape index (κ2) is 4.53. The summed E-state index contributed by atoms with van der Waals surface area (Å²) in [6, 6.07) is 6.15. The first-order valence-corrected chi connectivity index (χ1v) is 5.51. The molecule has 4 heteroatoms. The lowest BCUT2D eigenvalue weighted by Crippen LogP contribution is -2.41. The average Bonchev–Trinajstić information content (AvgIpc) is 2.25. The van der Waals surface area contributed by atoms with Crippen LogP contribution < -0.4 is 15.5 Å². The monoisotopic (exact) mass is 219 g/mol. The number of hydrogen-bond donors (Lipinski definition) is 2. The Morgan fingerprint density at radius 3 is 3.06 bits per heavy atom. The van der Waals surface area contributed by atoms with Crippen LogP contribution >= 0.6 is 0 Å². The maximum absolute atomic E-state index is 11.5. The summed E-state index contributed by atoms with van der Waals surface area (Å²) in [5.74, 6) is 0.0641. The maximum atomic E-state index is 11.5. The van der Waals surface area contributed by atoms with Gasteiger partial charge in [0.15, 0.2) is 0 Å². The van der Waals surface area contributed by atoms with E-state index in [-0.39, 0.29) is 5.91 Å². The van der Waals surface area contributed by atoms with E-state index in [1.165, 1.54) is 0 Å². The number of benzene rings is 1. The first-order valence-electron chi connectivity index (χ1n) is 5.51. The fourth-order valence-corrected chi connectivity index (χ4v) is 1.92. The highest BCUT2D eigenvalue weighted by atomic mass is 16.2. The lowest BCUT2D eigenvalue weighted by Gasteiger charge is -2.31. The molecule has 0 spiro atoms. The highest BCUT2D eigenvalue weighted by molar-refractivity contribution is 6.01. The maximum Gasteiger partial charge on any atom is 0.243 e. The van der Waals surface area contributed by atoms with Crippen LogP contribution in [0.1, 0.15) is 5.56 Å². The number of hydrogen-bond acceptors (Lipinski definition) is 3. The van der Waals surface area contributed by atoms with E-state index in [4.69, 9.17) is 0 Å². The van der Waals surface area contributed by atoms with Crippen molar-refractivity contribution in [3.8, 4) is 0 Å². The third-order valence-corrected chi connectivity index (χ3v) is 2.73. The zero-order valence-corrected chi connectivity index (χ0v) is 9.71. The molecule has 86 valence electrons. The second-order valence-electron chi connectivity index (χ2n) is 4.09. The Bertz CT molecular complexity index is 403. The summed E-state index contributed by atoms with van der Waals surface area (Å²) in [7, 11) is 1.92. The molecule has 2 N–H and O–H groups in total. The van der Waals surface area contributed by atoms with Crippen LogP contribution in [0.3, 0.4) is 0 Å². The zero-order chi connectivity index (χ0) is 11.5. The second-order valence-corrected chi connectivity index (χ2v) is 4.09. The molecule has 0 aromatic heterocycles. The molecule has 0 fully saturated rings. The molecular weight excluding hydrogens is 202 g/mol. The van der Waals surface area contributed by atoms with Crippen LogP contribution in [0.15, 0.2) is 18.2 Å². The minimum atomic E-state index is 0.0641. The predicted molar refractivity (Wildman–Crippen MR) is 65.9 cm³/mol. The third kappa shape index (κ3) is 2.17. The highest BCUT2D eigenvalue weighted by Crippen LogP contribution is 2.29. The van der Waals surface area contributed by atoms with Crippen LogP contribution in [0.25, 0.3) is 0 Å². The third-order valence-electron chi connectivity index (χ3n) is 2.73. The predicted octanol–water partition coefficient (Wildman–Crippen LogP) is 0.973. The fraction of sp³-hybridized carbons (Fsp3) is 0.417. The average molecular weight is 219 g/mol. The largest absolute Gasteiger partial charge is 0.359 e. The number of likely N-dealkylation sites (N-methyl/N-ethyl adjacent to an activating group) is 1. The number of carbonyl (C=O) groups is 1. The van der Waals surface area contributed by atoms with Gasteiger partial charge in [-0.15, -0.1) is 0 Å². The summed E-state index contributed by atoms with van der Waals surface area (Å²) in [5.41, 5.74) is 3.20. The first-order chi connectivity index (χ1) is 7.70. The zero-order valence-electron chi connectivity index (χ0n) is 9.71. The van der Waals surface area contributed by atoms with Crippen molar-refractivity contribution in [1.82, 2.24) is 5.32 Å². The van der Waals surface area contributed by atoms with Crippen molar-refractivity contribution in [2.75, 3.05) is 36.9 Å². The Morgan fingerprint density at radius 2 is 2.31 bits per heavy atom. The molecule has 1 amide bonds. The number of fused-ring (bicyclic) bond motifs is 1. The molecule has 1 aromatic rings. The minimum absolute atomic E-state index is 0.0641. The van der Waals surface area contributed by atoms with Gasteiger partial charge in [-0.05, 0) is 31.7 Å². The van der Waals surface area contributed by atoms with Crippen LogP contribution in [0, 0.1) is 6.92 Å². The van der Waals surface area contributed by atoms with Crippen LogP contribution in [0.5, 0.6) is 0 Å². The molecule has 1 aromatic carbocycles. The Morgan fingerprint density at radius 1 is 1.50 bits per heavy atom. The van der Waals surface area contributed by atoms with Gasteiger partial charge in [-0.2, -0.15) is 0 Å². The summed E-state index contributed by atoms with van der Waals surface area (Å²) < 4.78 is 0. The molecule has 2 rings (SSSR count). The van der Waals surface area contributed by atoms with Gasteiger partial charge in [-0.3, -0.25) is 4.79 Å². The Hall–Kier alpha value is -1.55. The van der Waals surface area contributed by atoms with E-state index < -0.39 is 0 Å². The van der Waals surface area contributed by atoms with Gasteiger partial charge in [-0.25, -0.2) is 0 Å². The summed E-state index contributed by atoms with van der Waals surface area (Å²) in [6.45, 7) is 4.19. The Labute approximate surface area is 95.6 Å². The van der Waals surface area contributed by atoms with Crippen molar-refractivity contribution in [2.45, 2.75) is 6.92 Å². The molecule has 1 heterocycles. The van der Waals surface area contributed by atoms with Crippen molar-refractivity contribution in [3.05, 3.63) is 23.8 Å². The topological polar surface area (TPSA) is 44.4 Å². The number of aryl methyl sites for hydroxylation is 1. The minimum Gasteiger partial charge on any atom is -0.359 e. The molecule has 0 saturated carbocycles. The van der Waals surface area contributed by atoms with Gasteiger partial charge in [-0.1, -0.05) is 6.07 Å². The number of anilines is 2. The van der Waals surface area contributed by atoms with E-state index in [0.29, 0.717) is 6.54 Å². The van der Waals surface area contributed by atoms with Gasteiger partial charge in [0.2, 0.25) is 5.91 Å². The summed E-state index contributed by atoms with van der Waals surface area (Å²) in [4.78, 5) is 13.6. The molecule has 0 atom stereocenters. The summed E-state index contributed by atoms with van der Waals surface area (Å²) in [5, 5.41) is 6.00. The molecule has 0 radical (unpaired) electrons. The molecule has 1 aliphatic heterocycles. The number of rotatable bonds is 3. The number of nitrogens with one attached hydrogen (secondary N) is 2. The van der Waals surface area contributed by atoms with E-state index >= 15 is 0 Å². The van der Waals surface area contributed by atoms with E-state index in [1.807, 2.05) is 20.0 Å². The van der Waals surface area contributed by atoms with Gasteiger partial charge < -0.3 is 15.5 Å². The normalized spacial score (nSPS) is 14.6. The van der Waals surface area contributed by atoms with Crippen LogP contribution in [0.4, 0.5) is 11.4 Å². The number of amides is 1. The standard InChI is InChI=1S/C12H17N3O/c1-9-3-4-11-10(7-9)14-12(16)8-15(11)6-5-13-2/h3-4,7,13H,5-6,8H2,1-2H3,(H,14,16). The van der Waals surface area contributed by atoms with Crippen LogP contribution in [-0.2, 0) is 4.79 Å². The molecule has 1 aliphatic rings. The van der Waals surface area contributed by atoms with Gasteiger partial charge in [0.05, 0.1) is 17.9 Å². The van der Waals surface area contributed by atoms with E-state index in [1.54, 1.807) is 0 Å². The Kier molecular flexibility index (Phi) is 3.10. The van der Waals surface area contributed by atoms with Gasteiger partial charge in [0.1, 0.15) is 0 Å². The quantitative estimate of drug-likeness (QED) is 0.796. The van der Waals surface area contributed by atoms with Crippen molar-refractivity contribution >= 4 is 17.3 Å².